The molecule has 3 aliphatic rings. The van der Waals surface area contributed by atoms with Gasteiger partial charge in [0, 0.05) is 23.7 Å². The van der Waals surface area contributed by atoms with Crippen LogP contribution >= 0.6 is 35.3 Å². The van der Waals surface area contributed by atoms with Crippen LogP contribution in [0.25, 0.3) is 0 Å². The monoisotopic (exact) mass is 288 g/mol. The molecule has 96 valence electrons. The Morgan fingerprint density at radius 1 is 1.24 bits per heavy atom. The summed E-state index contributed by atoms with van der Waals surface area (Å²) in [7, 11) is 0. The molecule has 3 saturated heterocycles. The van der Waals surface area contributed by atoms with Gasteiger partial charge in [0.15, 0.2) is 0 Å². The fourth-order valence-electron chi connectivity index (χ4n) is 2.24. The first-order valence-electron chi connectivity index (χ1n) is 6.17. The molecule has 0 radical (unpaired) electrons. The largest absolute Gasteiger partial charge is 0.377 e. The molecule has 0 saturated carbocycles. The summed E-state index contributed by atoms with van der Waals surface area (Å²) in [6.07, 6.45) is 8.65. The Bertz CT molecular complexity index is 273. The van der Waals surface area contributed by atoms with Gasteiger partial charge in [0.05, 0.1) is 13.2 Å². The summed E-state index contributed by atoms with van der Waals surface area (Å²) in [4.78, 5) is 0. The van der Waals surface area contributed by atoms with Crippen LogP contribution in [0.5, 0.6) is 0 Å². The van der Waals surface area contributed by atoms with E-state index in [0.29, 0.717) is 12.0 Å². The minimum absolute atomic E-state index is 0.268. The van der Waals surface area contributed by atoms with Crippen LogP contribution in [0, 0.1) is 17.8 Å². The normalized spacial score (nSPS) is 35.8. The highest BCUT2D eigenvalue weighted by Gasteiger charge is 2.50. The molecule has 0 aromatic carbocycles. The molecule has 0 aliphatic carbocycles. The highest BCUT2D eigenvalue weighted by Crippen LogP contribution is 2.62. The number of thioether (sulfide) groups is 3. The average Bonchev–Trinajstić information content (AvgIpc) is 2.38. The van der Waals surface area contributed by atoms with Crippen LogP contribution < -0.4 is 0 Å². The third-order valence-corrected chi connectivity index (χ3v) is 9.31. The summed E-state index contributed by atoms with van der Waals surface area (Å²) in [6, 6.07) is 0. The van der Waals surface area contributed by atoms with Crippen molar-refractivity contribution in [3.05, 3.63) is 0 Å². The Kier molecular flexibility index (Phi) is 5.06. The Morgan fingerprint density at radius 3 is 2.41 bits per heavy atom. The van der Waals surface area contributed by atoms with Crippen LogP contribution in [-0.2, 0) is 4.74 Å². The van der Waals surface area contributed by atoms with Crippen LogP contribution in [0.1, 0.15) is 26.2 Å². The maximum atomic E-state index is 5.72. The number of terminal acetylenes is 1. The smallest absolute Gasteiger partial charge is 0.130 e. The summed E-state index contributed by atoms with van der Waals surface area (Å²) < 4.78 is 5.99. The number of fused-ring (bicyclic) bond motifs is 3. The fraction of sp³-hybridized carbons (Fsp3) is 0.846. The van der Waals surface area contributed by atoms with Crippen LogP contribution in [0.15, 0.2) is 0 Å². The summed E-state index contributed by atoms with van der Waals surface area (Å²) in [6.45, 7) is 3.85. The Hall–Kier alpha value is 0.570. The van der Waals surface area contributed by atoms with Gasteiger partial charge in [0.2, 0.25) is 0 Å². The first-order valence-corrected chi connectivity index (χ1v) is 9.13. The fourth-order valence-corrected chi connectivity index (χ4v) is 7.81. The van der Waals surface area contributed by atoms with Gasteiger partial charge in [-0.15, -0.1) is 47.6 Å². The molecule has 3 fully saturated rings. The van der Waals surface area contributed by atoms with Gasteiger partial charge in [-0.2, -0.15) is 0 Å². The van der Waals surface area contributed by atoms with Gasteiger partial charge in [0.25, 0.3) is 0 Å². The molecule has 0 amide bonds. The Morgan fingerprint density at radius 2 is 1.88 bits per heavy atom. The minimum atomic E-state index is 0.268. The van der Waals surface area contributed by atoms with E-state index >= 15 is 0 Å². The maximum Gasteiger partial charge on any atom is 0.130 e. The first kappa shape index (κ1) is 14.0. The molecule has 0 aromatic rings. The Balaban J connectivity index is 1.80. The molecule has 0 aromatic heterocycles. The lowest BCUT2D eigenvalue weighted by Crippen LogP contribution is -2.46. The van der Waals surface area contributed by atoms with E-state index in [0.717, 1.165) is 13.0 Å². The van der Waals surface area contributed by atoms with Crippen LogP contribution in [0.3, 0.4) is 0 Å². The second-order valence-corrected chi connectivity index (χ2v) is 9.40. The van der Waals surface area contributed by atoms with Gasteiger partial charge < -0.3 is 4.74 Å². The molecule has 3 rings (SSSR count). The molecule has 0 unspecified atom stereocenters. The van der Waals surface area contributed by atoms with Crippen molar-refractivity contribution in [1.29, 1.82) is 0 Å². The molecular formula is C13H20OS3. The van der Waals surface area contributed by atoms with Crippen molar-refractivity contribution in [3.8, 4) is 12.3 Å². The van der Waals surface area contributed by atoms with Crippen LogP contribution in [0.2, 0.25) is 0 Å². The predicted octanol–water partition coefficient (Wildman–Crippen LogP) is 3.69. The molecule has 3 heterocycles. The van der Waals surface area contributed by atoms with Crippen molar-refractivity contribution < 1.29 is 4.74 Å². The van der Waals surface area contributed by atoms with E-state index in [-0.39, 0.29) is 3.41 Å². The van der Waals surface area contributed by atoms with E-state index in [1.807, 2.05) is 0 Å². The third-order valence-electron chi connectivity index (χ3n) is 3.24. The number of hydrogen-bond acceptors (Lipinski definition) is 4. The molecule has 0 atom stereocenters. The van der Waals surface area contributed by atoms with E-state index in [1.165, 1.54) is 30.1 Å². The van der Waals surface area contributed by atoms with Crippen molar-refractivity contribution in [2.75, 3.05) is 30.5 Å². The number of rotatable bonds is 6. The quantitative estimate of drug-likeness (QED) is 0.544. The molecule has 4 heteroatoms. The number of ether oxygens (including phenoxy) is 1. The van der Waals surface area contributed by atoms with Gasteiger partial charge >= 0.3 is 0 Å². The minimum Gasteiger partial charge on any atom is -0.377 e. The lowest BCUT2D eigenvalue weighted by Gasteiger charge is -2.51. The molecule has 17 heavy (non-hydrogen) atoms. The summed E-state index contributed by atoms with van der Waals surface area (Å²) in [5.41, 5.74) is 0.606. The van der Waals surface area contributed by atoms with Crippen LogP contribution in [0.4, 0.5) is 0 Å². The second-order valence-electron chi connectivity index (χ2n) is 4.81. The molecule has 2 bridgehead atoms. The van der Waals surface area contributed by atoms with Gasteiger partial charge in [-0.3, -0.25) is 0 Å². The van der Waals surface area contributed by atoms with E-state index in [1.54, 1.807) is 0 Å². The van der Waals surface area contributed by atoms with Crippen molar-refractivity contribution >= 4 is 35.3 Å². The van der Waals surface area contributed by atoms with Gasteiger partial charge in [-0.25, -0.2) is 0 Å². The zero-order chi connectivity index (χ0) is 12.2. The molecular weight excluding hydrogens is 268 g/mol. The lowest BCUT2D eigenvalue weighted by atomic mass is 9.90. The highest BCUT2D eigenvalue weighted by molar-refractivity contribution is 8.34. The summed E-state index contributed by atoms with van der Waals surface area (Å²) in [5, 5.41) is 0. The first-order chi connectivity index (χ1) is 8.24. The van der Waals surface area contributed by atoms with Crippen molar-refractivity contribution in [2.24, 2.45) is 5.41 Å². The SMILES string of the molecule is C#CCCOCC12SCC(CCC)(CS1)CS2. The van der Waals surface area contributed by atoms with Crippen molar-refractivity contribution in [3.63, 3.8) is 0 Å². The topological polar surface area (TPSA) is 9.23 Å². The predicted molar refractivity (Wildman–Crippen MR) is 81.7 cm³/mol. The van der Waals surface area contributed by atoms with E-state index in [2.05, 4.69) is 48.1 Å². The summed E-state index contributed by atoms with van der Waals surface area (Å²) >= 11 is 6.32. The molecule has 1 nitrogen and oxygen atoms in total. The maximum absolute atomic E-state index is 5.72. The molecule has 0 spiro atoms. The zero-order valence-electron chi connectivity index (χ0n) is 10.4. The lowest BCUT2D eigenvalue weighted by molar-refractivity contribution is 0.147. The molecule has 3 aliphatic heterocycles. The average molecular weight is 289 g/mol. The van der Waals surface area contributed by atoms with E-state index in [9.17, 15) is 0 Å². The van der Waals surface area contributed by atoms with Crippen molar-refractivity contribution in [1.82, 2.24) is 0 Å². The summed E-state index contributed by atoms with van der Waals surface area (Å²) in [5.74, 6) is 6.58. The highest BCUT2D eigenvalue weighted by atomic mass is 32.3. The zero-order valence-corrected chi connectivity index (χ0v) is 12.8. The van der Waals surface area contributed by atoms with Gasteiger partial charge in [0.1, 0.15) is 3.41 Å². The Labute approximate surface area is 118 Å². The number of hydrogen-bond donors (Lipinski definition) is 0. The van der Waals surface area contributed by atoms with E-state index in [4.69, 9.17) is 11.2 Å². The van der Waals surface area contributed by atoms with Crippen LogP contribution in [-0.4, -0.2) is 33.9 Å². The second kappa shape index (κ2) is 6.14. The van der Waals surface area contributed by atoms with E-state index < -0.39 is 0 Å². The third kappa shape index (κ3) is 3.32. The standard InChI is InChI=1S/C13H20OS3/c1-3-5-7-14-8-13-15-9-12(6-4-2,10-16-13)11-17-13/h1H,4-11H2,2H3. The van der Waals surface area contributed by atoms with Gasteiger partial charge in [-0.05, 0) is 11.8 Å². The molecule has 0 N–H and O–H groups in total. The van der Waals surface area contributed by atoms with Gasteiger partial charge in [-0.1, -0.05) is 13.3 Å². The van der Waals surface area contributed by atoms with Crippen molar-refractivity contribution in [2.45, 2.75) is 29.6 Å².